The van der Waals surface area contributed by atoms with Gasteiger partial charge in [-0.3, -0.25) is 4.79 Å². The van der Waals surface area contributed by atoms with Crippen LogP contribution in [0.4, 0.5) is 0 Å². The molecule has 0 aromatic heterocycles. The molecule has 0 heterocycles. The highest BCUT2D eigenvalue weighted by atomic mass is 79.9. The first-order valence-electron chi connectivity index (χ1n) is 11.0. The van der Waals surface area contributed by atoms with E-state index in [1.165, 1.54) is 103 Å². The van der Waals surface area contributed by atoms with Crippen molar-refractivity contribution in [1.29, 1.82) is 0 Å². The Morgan fingerprint density at radius 3 is 1.44 bits per heavy atom. The maximum absolute atomic E-state index is 10.4. The summed E-state index contributed by atoms with van der Waals surface area (Å²) in [6, 6.07) is 0. The van der Waals surface area contributed by atoms with Crippen LogP contribution in [-0.2, 0) is 4.79 Å². The molecule has 3 heteroatoms. The molecule has 0 saturated carbocycles. The molecule has 0 radical (unpaired) electrons. The highest BCUT2D eigenvalue weighted by molar-refractivity contribution is 9.09. The van der Waals surface area contributed by atoms with Gasteiger partial charge in [0.15, 0.2) is 0 Å². The van der Waals surface area contributed by atoms with E-state index in [0.29, 0.717) is 6.42 Å². The molecular formula is C22H43BrO2. The van der Waals surface area contributed by atoms with Crippen molar-refractivity contribution in [3.05, 3.63) is 0 Å². The third-order valence-electron chi connectivity index (χ3n) is 5.03. The number of aliphatic carboxylic acids is 1. The van der Waals surface area contributed by atoms with Gasteiger partial charge in [0.2, 0.25) is 0 Å². The molecule has 0 aliphatic carbocycles. The first kappa shape index (κ1) is 24.9. The van der Waals surface area contributed by atoms with Crippen LogP contribution in [0, 0.1) is 0 Å². The second-order valence-electron chi connectivity index (χ2n) is 7.62. The van der Waals surface area contributed by atoms with Crippen LogP contribution in [0.15, 0.2) is 0 Å². The summed E-state index contributed by atoms with van der Waals surface area (Å²) >= 11 is 3.86. The minimum atomic E-state index is -0.655. The fourth-order valence-corrected chi connectivity index (χ4v) is 3.99. The lowest BCUT2D eigenvalue weighted by atomic mass is 10.0. The van der Waals surface area contributed by atoms with E-state index >= 15 is 0 Å². The first-order valence-corrected chi connectivity index (χ1v) is 11.9. The molecule has 2 nitrogen and oxygen atoms in total. The molecule has 0 aromatic carbocycles. The Bertz CT molecular complexity index is 281. The molecule has 1 N–H and O–H groups in total. The number of unbranched alkanes of at least 4 members (excludes halogenated alkanes) is 14. The summed E-state index contributed by atoms with van der Waals surface area (Å²) < 4.78 is 0. The van der Waals surface area contributed by atoms with Gasteiger partial charge in [0.1, 0.15) is 0 Å². The van der Waals surface area contributed by atoms with Crippen molar-refractivity contribution in [2.24, 2.45) is 0 Å². The van der Waals surface area contributed by atoms with Crippen LogP contribution < -0.4 is 0 Å². The molecule has 0 saturated heterocycles. The van der Waals surface area contributed by atoms with Crippen LogP contribution in [0.1, 0.15) is 129 Å². The molecule has 0 amide bonds. The van der Waals surface area contributed by atoms with E-state index < -0.39 is 5.97 Å². The molecule has 0 aromatic rings. The van der Waals surface area contributed by atoms with Crippen LogP contribution in [0.5, 0.6) is 0 Å². The van der Waals surface area contributed by atoms with E-state index in [1.807, 2.05) is 0 Å². The van der Waals surface area contributed by atoms with Crippen molar-refractivity contribution in [2.75, 3.05) is 0 Å². The molecule has 0 spiro atoms. The molecular weight excluding hydrogens is 376 g/mol. The highest BCUT2D eigenvalue weighted by Crippen LogP contribution is 2.19. The third kappa shape index (κ3) is 21.9. The maximum Gasteiger partial charge on any atom is 0.303 e. The normalized spacial score (nSPS) is 12.4. The summed E-state index contributed by atoms with van der Waals surface area (Å²) in [5.41, 5.74) is 0. The van der Waals surface area contributed by atoms with Gasteiger partial charge in [-0.2, -0.15) is 0 Å². The molecule has 25 heavy (non-hydrogen) atoms. The molecule has 0 rings (SSSR count). The van der Waals surface area contributed by atoms with Crippen LogP contribution in [-0.4, -0.2) is 15.9 Å². The lowest BCUT2D eigenvalue weighted by molar-refractivity contribution is -0.137. The van der Waals surface area contributed by atoms with Crippen LogP contribution >= 0.6 is 15.9 Å². The Balaban J connectivity index is 3.14. The van der Waals surface area contributed by atoms with Gasteiger partial charge in [-0.05, 0) is 19.3 Å². The zero-order valence-corrected chi connectivity index (χ0v) is 18.3. The van der Waals surface area contributed by atoms with Gasteiger partial charge in [-0.15, -0.1) is 0 Å². The Kier molecular flexibility index (Phi) is 20.2. The number of carboxylic acid groups (broad SMARTS) is 1. The second kappa shape index (κ2) is 20.3. The number of carboxylic acids is 1. The molecule has 1 atom stereocenters. The highest BCUT2D eigenvalue weighted by Gasteiger charge is 2.03. The van der Waals surface area contributed by atoms with E-state index in [2.05, 4.69) is 22.9 Å². The Labute approximate surface area is 165 Å². The minimum absolute atomic E-state index is 0.340. The van der Waals surface area contributed by atoms with Gasteiger partial charge in [0, 0.05) is 11.2 Å². The lowest BCUT2D eigenvalue weighted by Crippen LogP contribution is -1.98. The van der Waals surface area contributed by atoms with Crippen molar-refractivity contribution in [2.45, 2.75) is 134 Å². The zero-order valence-electron chi connectivity index (χ0n) is 16.7. The van der Waals surface area contributed by atoms with Crippen molar-refractivity contribution in [3.8, 4) is 0 Å². The van der Waals surface area contributed by atoms with Gasteiger partial charge in [0.25, 0.3) is 0 Å². The summed E-state index contributed by atoms with van der Waals surface area (Å²) in [5, 5.41) is 8.57. The predicted molar refractivity (Wildman–Crippen MR) is 114 cm³/mol. The average molecular weight is 419 g/mol. The van der Waals surface area contributed by atoms with Gasteiger partial charge in [0.05, 0.1) is 0 Å². The van der Waals surface area contributed by atoms with Crippen LogP contribution in [0.25, 0.3) is 0 Å². The largest absolute Gasteiger partial charge is 0.481 e. The Hall–Kier alpha value is -0.0500. The number of alkyl halides is 1. The summed E-state index contributed by atoms with van der Waals surface area (Å²) in [7, 11) is 0. The van der Waals surface area contributed by atoms with Crippen molar-refractivity contribution >= 4 is 21.9 Å². The van der Waals surface area contributed by atoms with E-state index in [-0.39, 0.29) is 0 Å². The Morgan fingerprint density at radius 2 is 1.04 bits per heavy atom. The predicted octanol–water partition coefficient (Wildman–Crippen LogP) is 8.27. The Morgan fingerprint density at radius 1 is 0.680 bits per heavy atom. The molecule has 0 aliphatic rings. The zero-order chi connectivity index (χ0) is 18.6. The number of hydrogen-bond acceptors (Lipinski definition) is 1. The number of rotatable bonds is 20. The van der Waals surface area contributed by atoms with Gasteiger partial charge in [-0.1, -0.05) is 119 Å². The van der Waals surface area contributed by atoms with Crippen LogP contribution in [0.3, 0.4) is 0 Å². The SMILES string of the molecule is CCCCCCCCCC(Br)CCCCCCCCCCCC(=O)O. The fraction of sp³-hybridized carbons (Fsp3) is 0.955. The number of hydrogen-bond donors (Lipinski definition) is 1. The average Bonchev–Trinajstić information content (AvgIpc) is 2.58. The first-order chi connectivity index (χ1) is 12.2. The van der Waals surface area contributed by atoms with Gasteiger partial charge in [-0.25, -0.2) is 0 Å². The van der Waals surface area contributed by atoms with Crippen LogP contribution in [0.2, 0.25) is 0 Å². The number of halogens is 1. The molecule has 150 valence electrons. The second-order valence-corrected chi connectivity index (χ2v) is 8.92. The van der Waals surface area contributed by atoms with E-state index in [0.717, 1.165) is 17.7 Å². The van der Waals surface area contributed by atoms with Gasteiger partial charge < -0.3 is 5.11 Å². The molecule has 0 fully saturated rings. The summed E-state index contributed by atoms with van der Waals surface area (Å²) in [6.07, 6.45) is 24.1. The quantitative estimate of drug-likeness (QED) is 0.159. The van der Waals surface area contributed by atoms with E-state index in [9.17, 15) is 4.79 Å². The third-order valence-corrected chi connectivity index (χ3v) is 5.94. The standard InChI is InChI=1S/C22H43BrO2/c1-2-3-4-5-9-12-15-18-21(23)19-16-13-10-7-6-8-11-14-17-20-22(24)25/h21H,2-20H2,1H3,(H,24,25). The fourth-order valence-electron chi connectivity index (χ4n) is 3.35. The maximum atomic E-state index is 10.4. The van der Waals surface area contributed by atoms with Crippen molar-refractivity contribution in [3.63, 3.8) is 0 Å². The minimum Gasteiger partial charge on any atom is -0.481 e. The molecule has 0 aliphatic heterocycles. The molecule has 1 unspecified atom stereocenters. The topological polar surface area (TPSA) is 37.3 Å². The summed E-state index contributed by atoms with van der Waals surface area (Å²) in [6.45, 7) is 2.28. The summed E-state index contributed by atoms with van der Waals surface area (Å²) in [4.78, 5) is 11.1. The summed E-state index contributed by atoms with van der Waals surface area (Å²) in [5.74, 6) is -0.655. The smallest absolute Gasteiger partial charge is 0.303 e. The van der Waals surface area contributed by atoms with E-state index in [4.69, 9.17) is 5.11 Å². The molecule has 0 bridgehead atoms. The van der Waals surface area contributed by atoms with Gasteiger partial charge >= 0.3 is 5.97 Å². The number of carbonyl (C=O) groups is 1. The van der Waals surface area contributed by atoms with Crippen molar-refractivity contribution in [1.82, 2.24) is 0 Å². The lowest BCUT2D eigenvalue weighted by Gasteiger charge is -2.09. The van der Waals surface area contributed by atoms with E-state index in [1.54, 1.807) is 0 Å². The van der Waals surface area contributed by atoms with Crippen molar-refractivity contribution < 1.29 is 9.90 Å². The monoisotopic (exact) mass is 418 g/mol.